The fraction of sp³-hybridized carbons (Fsp3) is 0.500. The van der Waals surface area contributed by atoms with Gasteiger partial charge in [0.2, 0.25) is 5.82 Å². The number of oxazole rings is 1. The quantitative estimate of drug-likeness (QED) is 0.801. The number of aryl methyl sites for hydroxylation is 2. The number of halogens is 1. The number of nitrogens with zero attached hydrogens (tertiary/aromatic N) is 4. The van der Waals surface area contributed by atoms with Crippen LogP contribution in [0, 0.1) is 13.8 Å². The van der Waals surface area contributed by atoms with E-state index in [1.54, 1.807) is 13.8 Å². The smallest absolute Gasteiger partial charge is 0.296 e. The van der Waals surface area contributed by atoms with Crippen LogP contribution in [-0.2, 0) is 15.6 Å². The van der Waals surface area contributed by atoms with Crippen LogP contribution < -0.4 is 0 Å². The second-order valence-corrected chi connectivity index (χ2v) is 6.50. The summed E-state index contributed by atoms with van der Waals surface area (Å²) in [5.41, 5.74) is 0.626. The Kier molecular flexibility index (Phi) is 3.64. The average molecular weight is 305 g/mol. The SMILES string of the molecule is CCCn1c(-c2oc(C)nc2C)nnc1S(=O)(=O)Cl. The fourth-order valence-corrected chi connectivity index (χ4v) is 2.72. The predicted molar refractivity (Wildman–Crippen MR) is 68.3 cm³/mol. The van der Waals surface area contributed by atoms with E-state index in [2.05, 4.69) is 15.2 Å². The first-order chi connectivity index (χ1) is 8.84. The maximum Gasteiger partial charge on any atom is 0.296 e. The summed E-state index contributed by atoms with van der Waals surface area (Å²) in [4.78, 5) is 4.13. The first-order valence-electron chi connectivity index (χ1n) is 5.66. The van der Waals surface area contributed by atoms with E-state index in [9.17, 15) is 8.42 Å². The minimum absolute atomic E-state index is 0.278. The van der Waals surface area contributed by atoms with E-state index in [0.717, 1.165) is 0 Å². The van der Waals surface area contributed by atoms with Gasteiger partial charge in [-0.25, -0.2) is 13.4 Å². The molecule has 2 heterocycles. The lowest BCUT2D eigenvalue weighted by atomic mass is 10.3. The van der Waals surface area contributed by atoms with Crippen molar-refractivity contribution in [1.29, 1.82) is 0 Å². The summed E-state index contributed by atoms with van der Waals surface area (Å²) in [5.74, 6) is 1.21. The highest BCUT2D eigenvalue weighted by molar-refractivity contribution is 8.13. The van der Waals surface area contributed by atoms with Gasteiger partial charge in [-0.1, -0.05) is 6.92 Å². The normalized spacial score (nSPS) is 12.0. The first-order valence-corrected chi connectivity index (χ1v) is 7.97. The molecule has 2 aromatic heterocycles. The molecule has 0 aliphatic carbocycles. The van der Waals surface area contributed by atoms with E-state index in [-0.39, 0.29) is 5.16 Å². The van der Waals surface area contributed by atoms with Gasteiger partial charge in [0.25, 0.3) is 14.2 Å². The molecule has 0 unspecified atom stereocenters. The maximum absolute atomic E-state index is 11.5. The van der Waals surface area contributed by atoms with Crippen LogP contribution in [0.15, 0.2) is 9.57 Å². The first kappa shape index (κ1) is 14.0. The molecule has 7 nitrogen and oxygen atoms in total. The Morgan fingerprint density at radius 2 is 2.00 bits per heavy atom. The van der Waals surface area contributed by atoms with E-state index in [4.69, 9.17) is 15.1 Å². The summed E-state index contributed by atoms with van der Waals surface area (Å²) < 4.78 is 29.8. The second-order valence-electron chi connectivity index (χ2n) is 4.04. The van der Waals surface area contributed by atoms with Crippen molar-refractivity contribution in [1.82, 2.24) is 19.7 Å². The van der Waals surface area contributed by atoms with Crippen LogP contribution in [0.3, 0.4) is 0 Å². The molecule has 2 aromatic rings. The van der Waals surface area contributed by atoms with Crippen LogP contribution in [0.4, 0.5) is 0 Å². The molecule has 0 atom stereocenters. The Morgan fingerprint density at radius 1 is 1.32 bits per heavy atom. The zero-order valence-electron chi connectivity index (χ0n) is 10.7. The van der Waals surface area contributed by atoms with Crippen molar-refractivity contribution in [3.63, 3.8) is 0 Å². The molecular formula is C10H13ClN4O3S. The molecule has 2 rings (SSSR count). The molecule has 0 aliphatic heterocycles. The van der Waals surface area contributed by atoms with Crippen molar-refractivity contribution in [3.8, 4) is 11.6 Å². The van der Waals surface area contributed by atoms with Gasteiger partial charge in [0.15, 0.2) is 11.7 Å². The maximum atomic E-state index is 11.5. The molecule has 0 bridgehead atoms. The van der Waals surface area contributed by atoms with Crippen molar-refractivity contribution >= 4 is 19.7 Å². The van der Waals surface area contributed by atoms with E-state index in [1.165, 1.54) is 4.57 Å². The summed E-state index contributed by atoms with van der Waals surface area (Å²) >= 11 is 0. The fourth-order valence-electron chi connectivity index (χ4n) is 1.80. The Labute approximate surface area is 115 Å². The van der Waals surface area contributed by atoms with Crippen molar-refractivity contribution in [2.24, 2.45) is 0 Å². The van der Waals surface area contributed by atoms with Crippen LogP contribution >= 0.6 is 10.7 Å². The van der Waals surface area contributed by atoms with Crippen molar-refractivity contribution < 1.29 is 12.8 Å². The summed E-state index contributed by atoms with van der Waals surface area (Å²) in [5, 5.41) is 7.22. The van der Waals surface area contributed by atoms with Crippen molar-refractivity contribution in [2.45, 2.75) is 38.9 Å². The molecule has 19 heavy (non-hydrogen) atoms. The lowest BCUT2D eigenvalue weighted by Gasteiger charge is -2.05. The standard InChI is InChI=1S/C10H13ClN4O3S/c1-4-5-15-9(8-6(2)12-7(3)18-8)13-14-10(15)19(11,16)17/h4-5H2,1-3H3. The third-order valence-corrected chi connectivity index (χ3v) is 3.64. The Morgan fingerprint density at radius 3 is 2.47 bits per heavy atom. The Balaban J connectivity index is 2.65. The lowest BCUT2D eigenvalue weighted by Crippen LogP contribution is -2.07. The van der Waals surface area contributed by atoms with Crippen LogP contribution in [0.25, 0.3) is 11.6 Å². The highest BCUT2D eigenvalue weighted by Gasteiger charge is 2.25. The molecule has 0 radical (unpaired) electrons. The minimum atomic E-state index is -3.95. The van der Waals surface area contributed by atoms with Gasteiger partial charge < -0.3 is 4.42 Å². The average Bonchev–Trinajstić information content (AvgIpc) is 2.82. The topological polar surface area (TPSA) is 90.9 Å². The molecule has 0 fully saturated rings. The van der Waals surface area contributed by atoms with Crippen molar-refractivity contribution in [3.05, 3.63) is 11.6 Å². The third kappa shape index (κ3) is 2.64. The summed E-state index contributed by atoms with van der Waals surface area (Å²) in [7, 11) is 1.40. The van der Waals surface area contributed by atoms with Crippen LogP contribution in [0.5, 0.6) is 0 Å². The number of aromatic nitrogens is 4. The molecule has 0 aromatic carbocycles. The highest BCUT2D eigenvalue weighted by Crippen LogP contribution is 2.26. The van der Waals surface area contributed by atoms with E-state index in [1.807, 2.05) is 6.92 Å². The molecule has 104 valence electrons. The molecule has 0 saturated heterocycles. The minimum Gasteiger partial charge on any atom is -0.437 e. The van der Waals surface area contributed by atoms with Crippen LogP contribution in [0.1, 0.15) is 24.9 Å². The van der Waals surface area contributed by atoms with Crippen LogP contribution in [0.2, 0.25) is 0 Å². The molecule has 0 saturated carbocycles. The second kappa shape index (κ2) is 4.93. The molecule has 0 spiro atoms. The molecule has 0 amide bonds. The number of hydrogen-bond donors (Lipinski definition) is 0. The van der Waals surface area contributed by atoms with Gasteiger partial charge >= 0.3 is 0 Å². The van der Waals surface area contributed by atoms with Gasteiger partial charge in [0.1, 0.15) is 0 Å². The van der Waals surface area contributed by atoms with Gasteiger partial charge in [-0.15, -0.1) is 10.2 Å². The predicted octanol–water partition coefficient (Wildman–Crippen LogP) is 1.89. The van der Waals surface area contributed by atoms with E-state index in [0.29, 0.717) is 36.1 Å². The molecule has 0 aliphatic rings. The van der Waals surface area contributed by atoms with Gasteiger partial charge in [-0.2, -0.15) is 0 Å². The van der Waals surface area contributed by atoms with Crippen LogP contribution in [-0.4, -0.2) is 28.2 Å². The zero-order chi connectivity index (χ0) is 14.2. The Bertz CT molecular complexity index is 704. The van der Waals surface area contributed by atoms with Gasteiger partial charge in [-0.3, -0.25) is 4.57 Å². The number of rotatable bonds is 4. The summed E-state index contributed by atoms with van der Waals surface area (Å²) in [6, 6.07) is 0. The van der Waals surface area contributed by atoms with E-state index < -0.39 is 9.05 Å². The molecule has 9 heteroatoms. The third-order valence-electron chi connectivity index (χ3n) is 2.49. The van der Waals surface area contributed by atoms with Gasteiger partial charge in [-0.05, 0) is 13.3 Å². The molecular weight excluding hydrogens is 292 g/mol. The summed E-state index contributed by atoms with van der Waals surface area (Å²) in [6.45, 7) is 5.79. The monoisotopic (exact) mass is 304 g/mol. The zero-order valence-corrected chi connectivity index (χ0v) is 12.3. The van der Waals surface area contributed by atoms with Gasteiger partial charge in [0, 0.05) is 24.2 Å². The van der Waals surface area contributed by atoms with Gasteiger partial charge in [0.05, 0.1) is 5.69 Å². The lowest BCUT2D eigenvalue weighted by molar-refractivity contribution is 0.519. The molecule has 0 N–H and O–H groups in total. The highest BCUT2D eigenvalue weighted by atomic mass is 35.7. The Hall–Kier alpha value is -1.41. The largest absolute Gasteiger partial charge is 0.437 e. The summed E-state index contributed by atoms with van der Waals surface area (Å²) in [6.07, 6.45) is 0.705. The number of hydrogen-bond acceptors (Lipinski definition) is 6. The van der Waals surface area contributed by atoms with E-state index >= 15 is 0 Å². The van der Waals surface area contributed by atoms with Crippen molar-refractivity contribution in [2.75, 3.05) is 0 Å².